The summed E-state index contributed by atoms with van der Waals surface area (Å²) in [5.41, 5.74) is 0.457. The predicted octanol–water partition coefficient (Wildman–Crippen LogP) is 2.52. The first-order valence-corrected chi connectivity index (χ1v) is 4.63. The van der Waals surface area contributed by atoms with Gasteiger partial charge in [-0.15, -0.1) is 0 Å². The lowest BCUT2D eigenvalue weighted by Crippen LogP contribution is -2.01. The molecule has 0 atom stereocenters. The van der Waals surface area contributed by atoms with Crippen LogP contribution in [0.2, 0.25) is 5.15 Å². The standard InChI is InChI=1S/C9H10ClN3O/c1-2-3-11-9-5-7(12-6-14)4-8(10)13-9/h4-5H,2-3H2,1H3,(H,11,13). The molecule has 5 heteroatoms. The molecule has 0 bridgehead atoms. The molecule has 0 saturated heterocycles. The van der Waals surface area contributed by atoms with Gasteiger partial charge in [0.25, 0.3) is 0 Å². The number of anilines is 1. The Bertz CT molecular complexity index is 361. The maximum Gasteiger partial charge on any atom is 0.240 e. The molecule has 0 aliphatic rings. The van der Waals surface area contributed by atoms with Crippen LogP contribution in [0.3, 0.4) is 0 Å². The van der Waals surface area contributed by atoms with Crippen LogP contribution in [0, 0.1) is 0 Å². The summed E-state index contributed by atoms with van der Waals surface area (Å²) in [7, 11) is 0. The number of carbonyl (C=O) groups excluding carboxylic acids is 1. The van der Waals surface area contributed by atoms with Crippen molar-refractivity contribution < 1.29 is 4.79 Å². The van der Waals surface area contributed by atoms with Gasteiger partial charge in [-0.3, -0.25) is 0 Å². The summed E-state index contributed by atoms with van der Waals surface area (Å²) in [5, 5.41) is 3.35. The van der Waals surface area contributed by atoms with Crippen LogP contribution in [0.4, 0.5) is 11.5 Å². The summed E-state index contributed by atoms with van der Waals surface area (Å²) in [5.74, 6) is 0.619. The van der Waals surface area contributed by atoms with Gasteiger partial charge in [-0.1, -0.05) is 18.5 Å². The fourth-order valence-corrected chi connectivity index (χ4v) is 1.15. The Kier molecular flexibility index (Phi) is 4.11. The lowest BCUT2D eigenvalue weighted by Gasteiger charge is -2.04. The smallest absolute Gasteiger partial charge is 0.240 e. The highest BCUT2D eigenvalue weighted by Gasteiger charge is 1.99. The van der Waals surface area contributed by atoms with Gasteiger partial charge in [0.2, 0.25) is 6.08 Å². The van der Waals surface area contributed by atoms with E-state index in [-0.39, 0.29) is 0 Å². The first-order chi connectivity index (χ1) is 6.76. The fourth-order valence-electron chi connectivity index (χ4n) is 0.944. The third-order valence-electron chi connectivity index (χ3n) is 1.51. The minimum Gasteiger partial charge on any atom is -0.370 e. The Hall–Kier alpha value is -1.38. The van der Waals surface area contributed by atoms with Gasteiger partial charge in [-0.25, -0.2) is 9.78 Å². The molecule has 14 heavy (non-hydrogen) atoms. The third-order valence-corrected chi connectivity index (χ3v) is 1.70. The molecule has 1 N–H and O–H groups in total. The van der Waals surface area contributed by atoms with Crippen LogP contribution in [0.5, 0.6) is 0 Å². The van der Waals surface area contributed by atoms with Crippen molar-refractivity contribution in [3.8, 4) is 0 Å². The Balaban J connectivity index is 2.89. The molecule has 0 aromatic carbocycles. The molecule has 0 amide bonds. The largest absolute Gasteiger partial charge is 0.370 e. The quantitative estimate of drug-likeness (QED) is 0.473. The summed E-state index contributed by atoms with van der Waals surface area (Å²) < 4.78 is 0. The first kappa shape index (κ1) is 10.7. The molecule has 1 aromatic rings. The highest BCUT2D eigenvalue weighted by Crippen LogP contribution is 2.20. The molecule has 0 saturated carbocycles. The topological polar surface area (TPSA) is 54.4 Å². The van der Waals surface area contributed by atoms with Crippen molar-refractivity contribution in [3.05, 3.63) is 17.3 Å². The average Bonchev–Trinajstić information content (AvgIpc) is 2.14. The number of hydrogen-bond acceptors (Lipinski definition) is 4. The third kappa shape index (κ3) is 3.17. The Morgan fingerprint density at radius 2 is 2.43 bits per heavy atom. The SMILES string of the molecule is CCCNc1cc(N=C=O)cc(Cl)n1. The Morgan fingerprint density at radius 1 is 1.64 bits per heavy atom. The van der Waals surface area contributed by atoms with Gasteiger partial charge < -0.3 is 5.32 Å². The molecule has 0 unspecified atom stereocenters. The molecule has 74 valence electrons. The second-order valence-electron chi connectivity index (χ2n) is 2.66. The Morgan fingerprint density at radius 3 is 3.07 bits per heavy atom. The summed E-state index contributed by atoms with van der Waals surface area (Å²) in [6, 6.07) is 3.15. The van der Waals surface area contributed by atoms with Crippen molar-refractivity contribution >= 4 is 29.2 Å². The molecule has 0 fully saturated rings. The number of halogens is 1. The molecule has 0 aliphatic heterocycles. The minimum absolute atomic E-state index is 0.306. The van der Waals surface area contributed by atoms with Crippen molar-refractivity contribution in [2.24, 2.45) is 4.99 Å². The van der Waals surface area contributed by atoms with E-state index in [0.717, 1.165) is 13.0 Å². The summed E-state index contributed by atoms with van der Waals surface area (Å²) in [6.45, 7) is 2.85. The normalized spacial score (nSPS) is 9.29. The number of rotatable bonds is 4. The highest BCUT2D eigenvalue weighted by atomic mass is 35.5. The summed E-state index contributed by atoms with van der Waals surface area (Å²) in [4.78, 5) is 17.5. The van der Waals surface area contributed by atoms with Crippen molar-refractivity contribution in [2.75, 3.05) is 11.9 Å². The van der Waals surface area contributed by atoms with Crippen LogP contribution in [0.1, 0.15) is 13.3 Å². The highest BCUT2D eigenvalue weighted by molar-refractivity contribution is 6.29. The zero-order valence-corrected chi connectivity index (χ0v) is 8.51. The van der Waals surface area contributed by atoms with E-state index in [9.17, 15) is 4.79 Å². The molecule has 1 rings (SSSR count). The van der Waals surface area contributed by atoms with E-state index in [0.29, 0.717) is 16.7 Å². The van der Waals surface area contributed by atoms with E-state index in [1.807, 2.05) is 6.92 Å². The lowest BCUT2D eigenvalue weighted by atomic mass is 10.4. The van der Waals surface area contributed by atoms with E-state index in [1.165, 1.54) is 12.1 Å². The number of nitrogens with one attached hydrogen (secondary N) is 1. The van der Waals surface area contributed by atoms with Gasteiger partial charge in [0.15, 0.2) is 0 Å². The summed E-state index contributed by atoms with van der Waals surface area (Å²) in [6.07, 6.45) is 2.44. The number of isocyanates is 1. The molecule has 1 aromatic heterocycles. The van der Waals surface area contributed by atoms with Crippen molar-refractivity contribution in [2.45, 2.75) is 13.3 Å². The average molecular weight is 212 g/mol. The number of aromatic nitrogens is 1. The second kappa shape index (κ2) is 5.37. The van der Waals surface area contributed by atoms with Crippen molar-refractivity contribution in [1.29, 1.82) is 0 Å². The van der Waals surface area contributed by atoms with E-state index in [2.05, 4.69) is 15.3 Å². The fraction of sp³-hybridized carbons (Fsp3) is 0.333. The van der Waals surface area contributed by atoms with E-state index >= 15 is 0 Å². The second-order valence-corrected chi connectivity index (χ2v) is 3.05. The predicted molar refractivity (Wildman–Crippen MR) is 55.8 cm³/mol. The first-order valence-electron chi connectivity index (χ1n) is 4.25. The van der Waals surface area contributed by atoms with Gasteiger partial charge in [-0.05, 0) is 6.42 Å². The van der Waals surface area contributed by atoms with Gasteiger partial charge in [0, 0.05) is 18.7 Å². The van der Waals surface area contributed by atoms with Gasteiger partial charge in [0.1, 0.15) is 11.0 Å². The molecular weight excluding hydrogens is 202 g/mol. The number of pyridine rings is 1. The monoisotopic (exact) mass is 211 g/mol. The van der Waals surface area contributed by atoms with Crippen LogP contribution in [0.25, 0.3) is 0 Å². The maximum absolute atomic E-state index is 10.0. The van der Waals surface area contributed by atoms with Crippen molar-refractivity contribution in [3.63, 3.8) is 0 Å². The maximum atomic E-state index is 10.0. The van der Waals surface area contributed by atoms with Gasteiger partial charge in [0.05, 0.1) is 5.69 Å². The molecular formula is C9H10ClN3O. The van der Waals surface area contributed by atoms with Crippen LogP contribution >= 0.6 is 11.6 Å². The lowest BCUT2D eigenvalue weighted by molar-refractivity contribution is 0.565. The van der Waals surface area contributed by atoms with Crippen LogP contribution in [-0.2, 0) is 4.79 Å². The number of hydrogen-bond donors (Lipinski definition) is 1. The van der Waals surface area contributed by atoms with Crippen LogP contribution in [0.15, 0.2) is 17.1 Å². The van der Waals surface area contributed by atoms with E-state index in [4.69, 9.17) is 11.6 Å². The Labute approximate surface area is 87.0 Å². The van der Waals surface area contributed by atoms with Gasteiger partial charge in [-0.2, -0.15) is 4.99 Å². The minimum atomic E-state index is 0.306. The van der Waals surface area contributed by atoms with E-state index < -0.39 is 0 Å². The molecule has 4 nitrogen and oxygen atoms in total. The number of nitrogens with zero attached hydrogens (tertiary/aromatic N) is 2. The zero-order valence-electron chi connectivity index (χ0n) is 7.75. The molecule has 0 spiro atoms. The molecule has 0 aliphatic carbocycles. The number of aliphatic imine (C=N–C) groups is 1. The van der Waals surface area contributed by atoms with Gasteiger partial charge >= 0.3 is 0 Å². The molecule has 1 heterocycles. The summed E-state index contributed by atoms with van der Waals surface area (Å²) >= 11 is 5.72. The van der Waals surface area contributed by atoms with Crippen molar-refractivity contribution in [1.82, 2.24) is 4.98 Å². The van der Waals surface area contributed by atoms with Crippen LogP contribution in [-0.4, -0.2) is 17.6 Å². The van der Waals surface area contributed by atoms with Crippen LogP contribution < -0.4 is 5.32 Å². The van der Waals surface area contributed by atoms with E-state index in [1.54, 1.807) is 6.07 Å². The molecule has 0 radical (unpaired) electrons. The zero-order chi connectivity index (χ0) is 10.4.